The van der Waals surface area contributed by atoms with Crippen LogP contribution in [0.3, 0.4) is 0 Å². The maximum atomic E-state index is 11.4. The van der Waals surface area contributed by atoms with E-state index in [1.807, 2.05) is 18.2 Å². The maximum absolute atomic E-state index is 11.4. The number of pyridine rings is 1. The predicted octanol–water partition coefficient (Wildman–Crippen LogP) is 1.09. The molecule has 17 heavy (non-hydrogen) atoms. The summed E-state index contributed by atoms with van der Waals surface area (Å²) < 4.78 is 22.8. The van der Waals surface area contributed by atoms with Crippen molar-refractivity contribution in [3.63, 3.8) is 0 Å². The second kappa shape index (κ2) is 5.14. The molecule has 1 aliphatic rings. The summed E-state index contributed by atoms with van der Waals surface area (Å²) in [6.45, 7) is 2.50. The lowest BCUT2D eigenvalue weighted by atomic mass is 10.1. The van der Waals surface area contributed by atoms with E-state index in [1.54, 1.807) is 6.20 Å². The monoisotopic (exact) mass is 254 g/mol. The molecule has 0 aromatic carbocycles. The van der Waals surface area contributed by atoms with Gasteiger partial charge in [0.25, 0.3) is 0 Å². The molecule has 2 heterocycles. The van der Waals surface area contributed by atoms with Crippen molar-refractivity contribution >= 4 is 9.84 Å². The summed E-state index contributed by atoms with van der Waals surface area (Å²) in [6.07, 6.45) is 4.61. The third-order valence-corrected chi connectivity index (χ3v) is 4.93. The molecule has 1 fully saturated rings. The van der Waals surface area contributed by atoms with Crippen molar-refractivity contribution in [1.29, 1.82) is 0 Å². The molecule has 0 saturated carbocycles. The van der Waals surface area contributed by atoms with Crippen LogP contribution in [0.15, 0.2) is 24.4 Å². The molecule has 0 N–H and O–H groups in total. The second-order valence-corrected chi connectivity index (χ2v) is 6.95. The molecule has 1 aromatic heterocycles. The van der Waals surface area contributed by atoms with Gasteiger partial charge in [0.1, 0.15) is 9.84 Å². The van der Waals surface area contributed by atoms with E-state index in [0.717, 1.165) is 38.2 Å². The molecule has 0 spiro atoms. The van der Waals surface area contributed by atoms with Crippen molar-refractivity contribution in [1.82, 2.24) is 9.88 Å². The molecule has 0 unspecified atom stereocenters. The summed E-state index contributed by atoms with van der Waals surface area (Å²) >= 11 is 0. The number of hydrogen-bond acceptors (Lipinski definition) is 4. The molecule has 4 nitrogen and oxygen atoms in total. The fourth-order valence-electron chi connectivity index (χ4n) is 2.22. The molecule has 0 amide bonds. The Labute approximate surface area is 103 Å². The Morgan fingerprint density at radius 3 is 2.59 bits per heavy atom. The van der Waals surface area contributed by atoms with Gasteiger partial charge in [0, 0.05) is 19.0 Å². The Morgan fingerprint density at radius 1 is 1.35 bits per heavy atom. The van der Waals surface area contributed by atoms with E-state index in [2.05, 4.69) is 9.88 Å². The van der Waals surface area contributed by atoms with Gasteiger partial charge >= 0.3 is 0 Å². The molecule has 94 valence electrons. The van der Waals surface area contributed by atoms with Crippen LogP contribution in [0.4, 0.5) is 0 Å². The predicted molar refractivity (Wildman–Crippen MR) is 67.4 cm³/mol. The Morgan fingerprint density at radius 2 is 2.06 bits per heavy atom. The summed E-state index contributed by atoms with van der Waals surface area (Å²) in [5.41, 5.74) is 1.05. The quantitative estimate of drug-likeness (QED) is 0.810. The highest BCUT2D eigenvalue weighted by Gasteiger charge is 2.26. The molecule has 0 bridgehead atoms. The lowest BCUT2D eigenvalue weighted by Gasteiger charge is -2.30. The van der Waals surface area contributed by atoms with Crippen molar-refractivity contribution in [3.8, 4) is 0 Å². The molecule has 0 radical (unpaired) electrons. The number of nitrogens with zero attached hydrogens (tertiary/aromatic N) is 2. The molecular weight excluding hydrogens is 236 g/mol. The zero-order valence-corrected chi connectivity index (χ0v) is 10.9. The maximum Gasteiger partial charge on any atom is 0.150 e. The van der Waals surface area contributed by atoms with Crippen LogP contribution in [0.5, 0.6) is 0 Å². The van der Waals surface area contributed by atoms with Gasteiger partial charge in [-0.2, -0.15) is 0 Å². The highest BCUT2D eigenvalue weighted by atomic mass is 32.2. The lowest BCUT2D eigenvalue weighted by molar-refractivity contribution is 0.220. The van der Waals surface area contributed by atoms with Gasteiger partial charge in [0.15, 0.2) is 0 Å². The van der Waals surface area contributed by atoms with Gasteiger partial charge in [-0.1, -0.05) is 6.07 Å². The number of aromatic nitrogens is 1. The Bertz CT molecular complexity index is 451. The topological polar surface area (TPSA) is 50.3 Å². The van der Waals surface area contributed by atoms with Gasteiger partial charge in [0.2, 0.25) is 0 Å². The minimum atomic E-state index is -2.86. The first-order valence-corrected chi connectivity index (χ1v) is 7.82. The van der Waals surface area contributed by atoms with Crippen molar-refractivity contribution in [2.45, 2.75) is 24.6 Å². The second-order valence-electron chi connectivity index (χ2n) is 4.63. The molecule has 0 aliphatic carbocycles. The van der Waals surface area contributed by atoms with E-state index in [0.29, 0.717) is 0 Å². The van der Waals surface area contributed by atoms with E-state index < -0.39 is 9.84 Å². The minimum absolute atomic E-state index is 0.150. The molecule has 1 saturated heterocycles. The highest BCUT2D eigenvalue weighted by Crippen LogP contribution is 2.18. The third-order valence-electron chi connectivity index (χ3n) is 3.25. The fraction of sp³-hybridized carbons (Fsp3) is 0.583. The highest BCUT2D eigenvalue weighted by molar-refractivity contribution is 7.91. The smallest absolute Gasteiger partial charge is 0.150 e. The van der Waals surface area contributed by atoms with Gasteiger partial charge < -0.3 is 0 Å². The fourth-order valence-corrected chi connectivity index (χ4v) is 3.28. The average molecular weight is 254 g/mol. The van der Waals surface area contributed by atoms with Gasteiger partial charge in [-0.15, -0.1) is 0 Å². The van der Waals surface area contributed by atoms with Crippen molar-refractivity contribution in [2.75, 3.05) is 19.3 Å². The zero-order chi connectivity index (χ0) is 12.3. The molecule has 1 aliphatic heterocycles. The largest absolute Gasteiger partial charge is 0.297 e. The lowest BCUT2D eigenvalue weighted by Crippen LogP contribution is -2.38. The van der Waals surface area contributed by atoms with Crippen molar-refractivity contribution < 1.29 is 8.42 Å². The third kappa shape index (κ3) is 3.51. The molecule has 2 rings (SSSR count). The number of rotatable bonds is 3. The van der Waals surface area contributed by atoms with E-state index in [-0.39, 0.29) is 5.25 Å². The summed E-state index contributed by atoms with van der Waals surface area (Å²) in [7, 11) is -2.86. The van der Waals surface area contributed by atoms with Crippen LogP contribution in [-0.4, -0.2) is 42.9 Å². The SMILES string of the molecule is CS(=O)(=O)C1CCN(Cc2ccccn2)CC1. The first-order chi connectivity index (χ1) is 8.05. The van der Waals surface area contributed by atoms with Crippen LogP contribution < -0.4 is 0 Å². The van der Waals surface area contributed by atoms with E-state index in [9.17, 15) is 8.42 Å². The van der Waals surface area contributed by atoms with Gasteiger partial charge in [0.05, 0.1) is 10.9 Å². The van der Waals surface area contributed by atoms with E-state index >= 15 is 0 Å². The number of piperidine rings is 1. The molecule has 5 heteroatoms. The Hall–Kier alpha value is -0.940. The van der Waals surface area contributed by atoms with Gasteiger partial charge in [-0.05, 0) is 38.1 Å². The molecule has 1 aromatic rings. The van der Waals surface area contributed by atoms with Crippen molar-refractivity contribution in [2.24, 2.45) is 0 Å². The first-order valence-electron chi connectivity index (χ1n) is 5.87. The summed E-state index contributed by atoms with van der Waals surface area (Å²) in [5, 5.41) is -0.150. The van der Waals surface area contributed by atoms with Gasteiger partial charge in [-0.3, -0.25) is 9.88 Å². The Kier molecular flexibility index (Phi) is 3.79. The number of hydrogen-bond donors (Lipinski definition) is 0. The summed E-state index contributed by atoms with van der Waals surface area (Å²) in [6, 6.07) is 5.88. The van der Waals surface area contributed by atoms with Crippen LogP contribution >= 0.6 is 0 Å². The van der Waals surface area contributed by atoms with Crippen LogP contribution in [-0.2, 0) is 16.4 Å². The molecule has 0 atom stereocenters. The normalized spacial score (nSPS) is 19.4. The van der Waals surface area contributed by atoms with Crippen LogP contribution in [0.25, 0.3) is 0 Å². The van der Waals surface area contributed by atoms with E-state index in [4.69, 9.17) is 0 Å². The zero-order valence-electron chi connectivity index (χ0n) is 10.0. The standard InChI is InChI=1S/C12H18N2O2S/c1-17(15,16)12-5-8-14(9-6-12)10-11-4-2-3-7-13-11/h2-4,7,12H,5-6,8-10H2,1H3. The Balaban J connectivity index is 1.88. The van der Waals surface area contributed by atoms with Gasteiger partial charge in [-0.25, -0.2) is 8.42 Å². The van der Waals surface area contributed by atoms with E-state index in [1.165, 1.54) is 6.26 Å². The minimum Gasteiger partial charge on any atom is -0.297 e. The van der Waals surface area contributed by atoms with Crippen molar-refractivity contribution in [3.05, 3.63) is 30.1 Å². The van der Waals surface area contributed by atoms with Crippen LogP contribution in [0.1, 0.15) is 18.5 Å². The van der Waals surface area contributed by atoms with Crippen LogP contribution in [0.2, 0.25) is 0 Å². The molecular formula is C12H18N2O2S. The summed E-state index contributed by atoms with van der Waals surface area (Å²) in [5.74, 6) is 0. The summed E-state index contributed by atoms with van der Waals surface area (Å²) in [4.78, 5) is 6.55. The number of sulfone groups is 1. The average Bonchev–Trinajstić information content (AvgIpc) is 2.30. The van der Waals surface area contributed by atoms with Crippen LogP contribution in [0, 0.1) is 0 Å². The first kappa shape index (κ1) is 12.5. The number of likely N-dealkylation sites (tertiary alicyclic amines) is 1.